The summed E-state index contributed by atoms with van der Waals surface area (Å²) < 4.78 is 5.38. The Labute approximate surface area is 108 Å². The van der Waals surface area contributed by atoms with E-state index in [-0.39, 0.29) is 0 Å². The highest BCUT2D eigenvalue weighted by atomic mass is 32.1. The predicted octanol–water partition coefficient (Wildman–Crippen LogP) is 2.18. The van der Waals surface area contributed by atoms with Gasteiger partial charge in [-0.15, -0.1) is 11.3 Å². The number of thiophene rings is 1. The number of nitrogens with one attached hydrogen (secondary N) is 1. The highest BCUT2D eigenvalue weighted by molar-refractivity contribution is 7.11. The minimum atomic E-state index is -0.421. The summed E-state index contributed by atoms with van der Waals surface area (Å²) in [5.74, 6) is 0.518. The second kappa shape index (κ2) is 7.82. The third-order valence-corrected chi connectivity index (χ3v) is 3.24. The first-order valence-corrected chi connectivity index (χ1v) is 6.91. The standard InChI is InChI=1S/C13H23NO2S/c1-10(2)8-16-9-12(15)6-14-7-13-5-4-11(3)17-13/h4-5,10,12,14-15H,6-9H2,1-3H3. The molecule has 0 fully saturated rings. The molecule has 3 nitrogen and oxygen atoms in total. The molecular weight excluding hydrogens is 234 g/mol. The quantitative estimate of drug-likeness (QED) is 0.750. The van der Waals surface area contributed by atoms with Gasteiger partial charge in [-0.2, -0.15) is 0 Å². The monoisotopic (exact) mass is 257 g/mol. The molecule has 1 aromatic heterocycles. The fourth-order valence-electron chi connectivity index (χ4n) is 1.44. The van der Waals surface area contributed by atoms with Gasteiger partial charge in [-0.1, -0.05) is 13.8 Å². The van der Waals surface area contributed by atoms with Crippen LogP contribution in [0.5, 0.6) is 0 Å². The Morgan fingerprint density at radius 3 is 2.71 bits per heavy atom. The molecule has 98 valence electrons. The van der Waals surface area contributed by atoms with Crippen molar-refractivity contribution in [3.8, 4) is 0 Å². The van der Waals surface area contributed by atoms with E-state index in [9.17, 15) is 5.11 Å². The van der Waals surface area contributed by atoms with E-state index in [0.717, 1.165) is 6.54 Å². The van der Waals surface area contributed by atoms with Crippen LogP contribution in [0.2, 0.25) is 0 Å². The van der Waals surface area contributed by atoms with E-state index in [4.69, 9.17) is 4.74 Å². The molecule has 17 heavy (non-hydrogen) atoms. The summed E-state index contributed by atoms with van der Waals surface area (Å²) in [6.45, 7) is 8.82. The molecule has 0 aliphatic heterocycles. The van der Waals surface area contributed by atoms with Crippen LogP contribution < -0.4 is 5.32 Å². The van der Waals surface area contributed by atoms with Crippen molar-refractivity contribution in [1.82, 2.24) is 5.32 Å². The second-order valence-corrected chi connectivity index (χ2v) is 6.10. The molecule has 4 heteroatoms. The van der Waals surface area contributed by atoms with E-state index in [2.05, 4.69) is 38.2 Å². The summed E-state index contributed by atoms with van der Waals surface area (Å²) in [6.07, 6.45) is -0.421. The van der Waals surface area contributed by atoms with Crippen LogP contribution >= 0.6 is 11.3 Å². The molecule has 0 aliphatic rings. The van der Waals surface area contributed by atoms with E-state index in [1.54, 1.807) is 11.3 Å². The van der Waals surface area contributed by atoms with E-state index in [1.165, 1.54) is 9.75 Å². The van der Waals surface area contributed by atoms with Crippen molar-refractivity contribution >= 4 is 11.3 Å². The summed E-state index contributed by atoms with van der Waals surface area (Å²) in [5.41, 5.74) is 0. The van der Waals surface area contributed by atoms with E-state index in [1.807, 2.05) is 0 Å². The lowest BCUT2D eigenvalue weighted by Crippen LogP contribution is -2.30. The molecule has 0 spiro atoms. The van der Waals surface area contributed by atoms with Gasteiger partial charge in [0, 0.05) is 29.5 Å². The zero-order chi connectivity index (χ0) is 12.7. The van der Waals surface area contributed by atoms with Gasteiger partial charge < -0.3 is 15.2 Å². The Bertz CT molecular complexity index is 312. The molecule has 0 aromatic carbocycles. The lowest BCUT2D eigenvalue weighted by atomic mass is 10.2. The minimum Gasteiger partial charge on any atom is -0.389 e. The van der Waals surface area contributed by atoms with Crippen LogP contribution in [0.3, 0.4) is 0 Å². The average molecular weight is 257 g/mol. The first-order chi connectivity index (χ1) is 8.08. The van der Waals surface area contributed by atoms with E-state index in [0.29, 0.717) is 25.7 Å². The molecule has 1 unspecified atom stereocenters. The molecule has 0 amide bonds. The maximum atomic E-state index is 9.66. The SMILES string of the molecule is Cc1ccc(CNCC(O)COCC(C)C)s1. The molecule has 0 radical (unpaired) electrons. The van der Waals surface area contributed by atoms with Crippen LogP contribution in [0.4, 0.5) is 0 Å². The van der Waals surface area contributed by atoms with Crippen molar-refractivity contribution in [3.63, 3.8) is 0 Å². The fraction of sp³-hybridized carbons (Fsp3) is 0.692. The number of hydrogen-bond donors (Lipinski definition) is 2. The number of ether oxygens (including phenoxy) is 1. The Hall–Kier alpha value is -0.420. The maximum Gasteiger partial charge on any atom is 0.0897 e. The van der Waals surface area contributed by atoms with Crippen LogP contribution in [0.15, 0.2) is 12.1 Å². The van der Waals surface area contributed by atoms with Gasteiger partial charge in [0.05, 0.1) is 12.7 Å². The summed E-state index contributed by atoms with van der Waals surface area (Å²) in [5, 5.41) is 12.9. The van der Waals surface area contributed by atoms with E-state index < -0.39 is 6.10 Å². The van der Waals surface area contributed by atoms with Crippen LogP contribution in [0.1, 0.15) is 23.6 Å². The molecule has 1 atom stereocenters. The summed E-state index contributed by atoms with van der Waals surface area (Å²) in [6, 6.07) is 4.23. The molecule has 1 rings (SSSR count). The van der Waals surface area contributed by atoms with Gasteiger partial charge >= 0.3 is 0 Å². The molecule has 1 aromatic rings. The first kappa shape index (κ1) is 14.6. The van der Waals surface area contributed by atoms with Gasteiger partial charge in [0.2, 0.25) is 0 Å². The first-order valence-electron chi connectivity index (χ1n) is 6.09. The lowest BCUT2D eigenvalue weighted by molar-refractivity contribution is 0.0261. The van der Waals surface area contributed by atoms with Crippen LogP contribution in [-0.2, 0) is 11.3 Å². The molecule has 0 bridgehead atoms. The molecule has 1 heterocycles. The highest BCUT2D eigenvalue weighted by Gasteiger charge is 2.05. The number of aliphatic hydroxyl groups is 1. The number of aliphatic hydroxyl groups excluding tert-OH is 1. The molecular formula is C13H23NO2S. The average Bonchev–Trinajstić information content (AvgIpc) is 2.63. The molecule has 0 aliphatic carbocycles. The van der Waals surface area contributed by atoms with Crippen molar-refractivity contribution < 1.29 is 9.84 Å². The number of rotatable bonds is 8. The van der Waals surface area contributed by atoms with Gasteiger partial charge in [-0.25, -0.2) is 0 Å². The van der Waals surface area contributed by atoms with Crippen molar-refractivity contribution in [2.45, 2.75) is 33.4 Å². The third kappa shape index (κ3) is 6.78. The molecule has 0 saturated carbocycles. The Balaban J connectivity index is 2.05. The normalized spacial score (nSPS) is 13.2. The molecule has 2 N–H and O–H groups in total. The van der Waals surface area contributed by atoms with E-state index >= 15 is 0 Å². The Morgan fingerprint density at radius 2 is 2.12 bits per heavy atom. The number of hydrogen-bond acceptors (Lipinski definition) is 4. The predicted molar refractivity (Wildman–Crippen MR) is 72.4 cm³/mol. The van der Waals surface area contributed by atoms with Gasteiger partial charge in [0.1, 0.15) is 0 Å². The summed E-state index contributed by atoms with van der Waals surface area (Å²) in [4.78, 5) is 2.63. The van der Waals surface area contributed by atoms with Gasteiger partial charge in [-0.05, 0) is 25.0 Å². The van der Waals surface area contributed by atoms with Gasteiger partial charge in [0.25, 0.3) is 0 Å². The lowest BCUT2D eigenvalue weighted by Gasteiger charge is -2.13. The topological polar surface area (TPSA) is 41.5 Å². The summed E-state index contributed by atoms with van der Waals surface area (Å²) >= 11 is 1.79. The van der Waals surface area contributed by atoms with Crippen molar-refractivity contribution in [3.05, 3.63) is 21.9 Å². The third-order valence-electron chi connectivity index (χ3n) is 2.24. The van der Waals surface area contributed by atoms with Crippen LogP contribution in [-0.4, -0.2) is 31.0 Å². The fourth-order valence-corrected chi connectivity index (χ4v) is 2.30. The van der Waals surface area contributed by atoms with Crippen molar-refractivity contribution in [2.75, 3.05) is 19.8 Å². The zero-order valence-electron chi connectivity index (χ0n) is 10.9. The van der Waals surface area contributed by atoms with Crippen molar-refractivity contribution in [2.24, 2.45) is 5.92 Å². The second-order valence-electron chi connectivity index (χ2n) is 4.73. The van der Waals surface area contributed by atoms with Gasteiger partial charge in [0.15, 0.2) is 0 Å². The Morgan fingerprint density at radius 1 is 1.35 bits per heavy atom. The number of aryl methyl sites for hydroxylation is 1. The van der Waals surface area contributed by atoms with Gasteiger partial charge in [-0.3, -0.25) is 0 Å². The maximum absolute atomic E-state index is 9.66. The Kier molecular flexibility index (Phi) is 6.73. The molecule has 0 saturated heterocycles. The largest absolute Gasteiger partial charge is 0.389 e. The minimum absolute atomic E-state index is 0.411. The van der Waals surface area contributed by atoms with Crippen molar-refractivity contribution in [1.29, 1.82) is 0 Å². The highest BCUT2D eigenvalue weighted by Crippen LogP contribution is 2.14. The zero-order valence-corrected chi connectivity index (χ0v) is 11.7. The van der Waals surface area contributed by atoms with Crippen LogP contribution in [0.25, 0.3) is 0 Å². The van der Waals surface area contributed by atoms with Crippen LogP contribution in [0, 0.1) is 12.8 Å². The smallest absolute Gasteiger partial charge is 0.0897 e. The summed E-state index contributed by atoms with van der Waals surface area (Å²) in [7, 11) is 0.